The minimum Gasteiger partial charge on any atom is -0.361 e. The molecule has 0 atom stereocenters. The van der Waals surface area contributed by atoms with Crippen LogP contribution in [0.4, 0.5) is 0 Å². The lowest BCUT2D eigenvalue weighted by Gasteiger charge is -2.02. The summed E-state index contributed by atoms with van der Waals surface area (Å²) in [5.74, 6) is 0. The second-order valence-electron chi connectivity index (χ2n) is 4.11. The first-order valence-electron chi connectivity index (χ1n) is 6.15. The first kappa shape index (κ1) is 11.2. The number of benzene rings is 1. The van der Waals surface area contributed by atoms with Crippen molar-refractivity contribution in [3.05, 3.63) is 35.5 Å². The molecule has 0 amide bonds. The topological polar surface area (TPSA) is 27.8 Å². The van der Waals surface area contributed by atoms with Crippen LogP contribution in [0.15, 0.2) is 24.4 Å². The molecule has 1 aromatic carbocycles. The summed E-state index contributed by atoms with van der Waals surface area (Å²) >= 11 is 0. The first-order chi connectivity index (χ1) is 7.86. The van der Waals surface area contributed by atoms with Gasteiger partial charge >= 0.3 is 0 Å². The third-order valence-electron chi connectivity index (χ3n) is 3.09. The van der Waals surface area contributed by atoms with Crippen LogP contribution in [0.5, 0.6) is 0 Å². The van der Waals surface area contributed by atoms with E-state index in [1.54, 1.807) is 0 Å². The largest absolute Gasteiger partial charge is 0.361 e. The number of aromatic nitrogens is 1. The van der Waals surface area contributed by atoms with Gasteiger partial charge in [-0.1, -0.05) is 32.0 Å². The van der Waals surface area contributed by atoms with Crippen molar-refractivity contribution in [1.82, 2.24) is 10.3 Å². The molecule has 0 aliphatic rings. The minimum absolute atomic E-state index is 1.04. The quantitative estimate of drug-likeness (QED) is 0.739. The van der Waals surface area contributed by atoms with E-state index in [4.69, 9.17) is 0 Å². The van der Waals surface area contributed by atoms with E-state index in [-0.39, 0.29) is 0 Å². The highest BCUT2D eigenvalue weighted by Crippen LogP contribution is 2.22. The van der Waals surface area contributed by atoms with Crippen LogP contribution in [-0.2, 0) is 12.8 Å². The molecule has 86 valence electrons. The maximum Gasteiger partial charge on any atom is 0.0489 e. The van der Waals surface area contributed by atoms with Crippen LogP contribution < -0.4 is 5.32 Å². The Labute approximate surface area is 97.1 Å². The molecule has 0 aliphatic heterocycles. The van der Waals surface area contributed by atoms with E-state index < -0.39 is 0 Å². The van der Waals surface area contributed by atoms with E-state index in [9.17, 15) is 0 Å². The van der Waals surface area contributed by atoms with Crippen LogP contribution >= 0.6 is 0 Å². The van der Waals surface area contributed by atoms with Gasteiger partial charge in [-0.05, 0) is 37.1 Å². The summed E-state index contributed by atoms with van der Waals surface area (Å²) in [5.41, 5.74) is 4.15. The maximum atomic E-state index is 3.41. The smallest absolute Gasteiger partial charge is 0.0489 e. The predicted octanol–water partition coefficient (Wildman–Crippen LogP) is 2.88. The predicted molar refractivity (Wildman–Crippen MR) is 69.9 cm³/mol. The Morgan fingerprint density at radius 3 is 2.81 bits per heavy atom. The number of aromatic amines is 1. The van der Waals surface area contributed by atoms with Gasteiger partial charge in [0.05, 0.1) is 0 Å². The number of para-hydroxylation sites is 1. The summed E-state index contributed by atoms with van der Waals surface area (Å²) < 4.78 is 0. The second-order valence-corrected chi connectivity index (χ2v) is 4.11. The third kappa shape index (κ3) is 2.12. The average Bonchev–Trinajstić information content (AvgIpc) is 2.73. The fourth-order valence-electron chi connectivity index (χ4n) is 2.18. The van der Waals surface area contributed by atoms with Crippen molar-refractivity contribution in [3.63, 3.8) is 0 Å². The molecule has 16 heavy (non-hydrogen) atoms. The van der Waals surface area contributed by atoms with Gasteiger partial charge in [0, 0.05) is 17.1 Å². The molecule has 2 rings (SSSR count). The lowest BCUT2D eigenvalue weighted by molar-refractivity contribution is 0.718. The molecule has 0 saturated carbocycles. The molecular weight excluding hydrogens is 196 g/mol. The Hall–Kier alpha value is -1.28. The summed E-state index contributed by atoms with van der Waals surface area (Å²) in [5, 5.41) is 4.75. The van der Waals surface area contributed by atoms with Gasteiger partial charge in [0.2, 0.25) is 0 Å². The summed E-state index contributed by atoms with van der Waals surface area (Å²) in [6, 6.07) is 6.57. The van der Waals surface area contributed by atoms with Crippen LogP contribution in [0, 0.1) is 0 Å². The Morgan fingerprint density at radius 1 is 1.19 bits per heavy atom. The molecule has 2 heteroatoms. The number of likely N-dealkylation sites (N-methyl/N-ethyl adjacent to an activating group) is 1. The van der Waals surface area contributed by atoms with Crippen molar-refractivity contribution in [1.29, 1.82) is 0 Å². The summed E-state index contributed by atoms with van der Waals surface area (Å²) in [7, 11) is 0. The monoisotopic (exact) mass is 216 g/mol. The number of fused-ring (bicyclic) bond motifs is 1. The highest BCUT2D eigenvalue weighted by atomic mass is 14.8. The van der Waals surface area contributed by atoms with E-state index >= 15 is 0 Å². The summed E-state index contributed by atoms with van der Waals surface area (Å²) in [4.78, 5) is 3.41. The number of nitrogens with one attached hydrogen (secondary N) is 2. The number of H-pyrrole nitrogens is 1. The fraction of sp³-hybridized carbons (Fsp3) is 0.429. The molecule has 0 bridgehead atoms. The van der Waals surface area contributed by atoms with E-state index in [0.29, 0.717) is 0 Å². The molecule has 0 aliphatic carbocycles. The van der Waals surface area contributed by atoms with Crippen molar-refractivity contribution >= 4 is 10.9 Å². The van der Waals surface area contributed by atoms with E-state index in [0.717, 1.165) is 25.9 Å². The highest BCUT2D eigenvalue weighted by Gasteiger charge is 2.05. The van der Waals surface area contributed by atoms with Gasteiger partial charge in [-0.3, -0.25) is 0 Å². The Morgan fingerprint density at radius 2 is 2.06 bits per heavy atom. The number of aryl methyl sites for hydroxylation is 1. The van der Waals surface area contributed by atoms with Crippen LogP contribution in [0.3, 0.4) is 0 Å². The normalized spacial score (nSPS) is 11.1. The third-order valence-corrected chi connectivity index (χ3v) is 3.09. The molecule has 2 aromatic rings. The zero-order chi connectivity index (χ0) is 11.4. The van der Waals surface area contributed by atoms with Crippen LogP contribution in [0.2, 0.25) is 0 Å². The fourth-order valence-corrected chi connectivity index (χ4v) is 2.18. The highest BCUT2D eigenvalue weighted by molar-refractivity contribution is 5.86. The standard InChI is InChI=1S/C14H20N2/c1-3-11-6-5-7-13-12(8-9-15-4-2)10-16-14(11)13/h5-7,10,15-16H,3-4,8-9H2,1-2H3. The molecule has 0 unspecified atom stereocenters. The zero-order valence-corrected chi connectivity index (χ0v) is 10.1. The molecule has 2 N–H and O–H groups in total. The second kappa shape index (κ2) is 5.17. The minimum atomic E-state index is 1.04. The summed E-state index contributed by atoms with van der Waals surface area (Å²) in [6.07, 6.45) is 4.34. The molecular formula is C14H20N2. The van der Waals surface area contributed by atoms with Gasteiger partial charge in [0.25, 0.3) is 0 Å². The van der Waals surface area contributed by atoms with E-state index in [1.807, 2.05) is 0 Å². The van der Waals surface area contributed by atoms with Gasteiger partial charge < -0.3 is 10.3 Å². The average molecular weight is 216 g/mol. The number of hydrogen-bond donors (Lipinski definition) is 2. The Kier molecular flexibility index (Phi) is 3.62. The van der Waals surface area contributed by atoms with Crippen LogP contribution in [-0.4, -0.2) is 18.1 Å². The van der Waals surface area contributed by atoms with Crippen molar-refractivity contribution in [2.45, 2.75) is 26.7 Å². The molecule has 2 nitrogen and oxygen atoms in total. The van der Waals surface area contributed by atoms with Gasteiger partial charge in [-0.25, -0.2) is 0 Å². The van der Waals surface area contributed by atoms with Gasteiger partial charge in [0.15, 0.2) is 0 Å². The molecule has 1 heterocycles. The van der Waals surface area contributed by atoms with Crippen LogP contribution in [0.25, 0.3) is 10.9 Å². The van der Waals surface area contributed by atoms with Crippen LogP contribution in [0.1, 0.15) is 25.0 Å². The van der Waals surface area contributed by atoms with Gasteiger partial charge in [-0.2, -0.15) is 0 Å². The van der Waals surface area contributed by atoms with E-state index in [2.05, 4.69) is 48.5 Å². The van der Waals surface area contributed by atoms with Crippen molar-refractivity contribution in [2.24, 2.45) is 0 Å². The van der Waals surface area contributed by atoms with Gasteiger partial charge in [-0.15, -0.1) is 0 Å². The van der Waals surface area contributed by atoms with Crippen molar-refractivity contribution in [3.8, 4) is 0 Å². The number of hydrogen-bond acceptors (Lipinski definition) is 1. The number of rotatable bonds is 5. The van der Waals surface area contributed by atoms with Gasteiger partial charge in [0.1, 0.15) is 0 Å². The Bertz CT molecular complexity index is 457. The SMILES string of the molecule is CCNCCc1c[nH]c2c(CC)cccc12. The molecule has 1 aromatic heterocycles. The maximum absolute atomic E-state index is 3.41. The lowest BCUT2D eigenvalue weighted by atomic mass is 10.1. The van der Waals surface area contributed by atoms with Crippen molar-refractivity contribution < 1.29 is 0 Å². The lowest BCUT2D eigenvalue weighted by Crippen LogP contribution is -2.15. The first-order valence-corrected chi connectivity index (χ1v) is 6.15. The molecule has 0 radical (unpaired) electrons. The summed E-state index contributed by atoms with van der Waals surface area (Å²) in [6.45, 7) is 6.45. The molecule has 0 fully saturated rings. The zero-order valence-electron chi connectivity index (χ0n) is 10.1. The van der Waals surface area contributed by atoms with E-state index in [1.165, 1.54) is 22.0 Å². The van der Waals surface area contributed by atoms with Crippen molar-refractivity contribution in [2.75, 3.05) is 13.1 Å². The molecule has 0 spiro atoms. The Balaban J connectivity index is 2.27. The molecule has 0 saturated heterocycles.